The number of para-hydroxylation sites is 1. The second-order valence-corrected chi connectivity index (χ2v) is 10.2. The Labute approximate surface area is 240 Å². The molecule has 0 aliphatic carbocycles. The standard InChI is InChI=1S/C31H27F3N6O2/c1-20-16-38(19-35-20)27-13-12-22(14-29(27)42-2)25-17-40(37-36-25)28-15-24(21-8-4-3-5-9-21)23-10-6-7-11-26(23)39(30(28)41)18-31(32,33)34/h3-14,16-17,19,24,28H,15,18H2,1-2H3/t24-,28?/m1/s1. The van der Waals surface area contributed by atoms with E-state index >= 15 is 0 Å². The van der Waals surface area contributed by atoms with Crippen LogP contribution in [-0.2, 0) is 4.79 Å². The van der Waals surface area contributed by atoms with Crippen LogP contribution in [-0.4, -0.2) is 50.3 Å². The summed E-state index contributed by atoms with van der Waals surface area (Å²) in [7, 11) is 1.56. The fourth-order valence-electron chi connectivity index (χ4n) is 5.51. The minimum absolute atomic E-state index is 0.208. The molecule has 1 amide bonds. The third-order valence-corrected chi connectivity index (χ3v) is 7.45. The molecule has 5 aromatic rings. The molecule has 0 bridgehead atoms. The van der Waals surface area contributed by atoms with Gasteiger partial charge in [-0.3, -0.25) is 4.79 Å². The van der Waals surface area contributed by atoms with Crippen LogP contribution in [0.25, 0.3) is 16.9 Å². The van der Waals surface area contributed by atoms with E-state index in [2.05, 4.69) is 15.3 Å². The van der Waals surface area contributed by atoms with Crippen LogP contribution in [0.1, 0.15) is 35.2 Å². The molecule has 2 aromatic heterocycles. The highest BCUT2D eigenvalue weighted by atomic mass is 19.4. The first-order valence-corrected chi connectivity index (χ1v) is 13.3. The number of ether oxygens (including phenoxy) is 1. The van der Waals surface area contributed by atoms with Gasteiger partial charge in [0.15, 0.2) is 0 Å². The lowest BCUT2D eigenvalue weighted by Crippen LogP contribution is -2.42. The molecule has 11 heteroatoms. The summed E-state index contributed by atoms with van der Waals surface area (Å²) >= 11 is 0. The second kappa shape index (κ2) is 10.8. The van der Waals surface area contributed by atoms with E-state index in [0.717, 1.165) is 21.8 Å². The van der Waals surface area contributed by atoms with Gasteiger partial charge in [-0.05, 0) is 42.7 Å². The van der Waals surface area contributed by atoms with E-state index in [-0.39, 0.29) is 18.0 Å². The molecule has 3 aromatic carbocycles. The molecule has 3 heterocycles. The van der Waals surface area contributed by atoms with Gasteiger partial charge in [0.05, 0.1) is 31.0 Å². The molecule has 1 aliphatic rings. The molecule has 0 N–H and O–H groups in total. The van der Waals surface area contributed by atoms with Crippen LogP contribution < -0.4 is 9.64 Å². The summed E-state index contributed by atoms with van der Waals surface area (Å²) in [5, 5.41) is 8.55. The Kier molecular flexibility index (Phi) is 7.01. The largest absolute Gasteiger partial charge is 0.495 e. The SMILES string of the molecule is COc1cc(-c2cn(C3C[C@H](c4ccccc4)c4ccccc4N(CC(F)(F)F)C3=O)nn2)ccc1-n1cnc(C)c1. The normalized spacial score (nSPS) is 17.2. The molecule has 0 radical (unpaired) electrons. The molecule has 0 fully saturated rings. The number of alkyl halides is 3. The van der Waals surface area contributed by atoms with Gasteiger partial charge in [-0.15, -0.1) is 5.10 Å². The number of aromatic nitrogens is 5. The fourth-order valence-corrected chi connectivity index (χ4v) is 5.51. The summed E-state index contributed by atoms with van der Waals surface area (Å²) in [6.45, 7) is 0.482. The molecule has 8 nitrogen and oxygen atoms in total. The number of rotatable bonds is 6. The van der Waals surface area contributed by atoms with E-state index in [9.17, 15) is 18.0 Å². The highest BCUT2D eigenvalue weighted by Crippen LogP contribution is 2.43. The monoisotopic (exact) mass is 572 g/mol. The molecule has 42 heavy (non-hydrogen) atoms. The number of amides is 1. The van der Waals surface area contributed by atoms with Crippen LogP contribution in [0, 0.1) is 6.92 Å². The summed E-state index contributed by atoms with van der Waals surface area (Å²) < 4.78 is 50.2. The predicted octanol–water partition coefficient (Wildman–Crippen LogP) is 6.12. The lowest BCUT2D eigenvalue weighted by molar-refractivity contribution is -0.134. The third kappa shape index (κ3) is 5.25. The molecular weight excluding hydrogens is 545 g/mol. The van der Waals surface area contributed by atoms with Crippen LogP contribution in [0.2, 0.25) is 0 Å². The summed E-state index contributed by atoms with van der Waals surface area (Å²) in [6.07, 6.45) is 0.773. The average Bonchev–Trinajstić information content (AvgIpc) is 3.63. The molecule has 0 saturated carbocycles. The highest BCUT2D eigenvalue weighted by Gasteiger charge is 2.42. The number of carbonyl (C=O) groups excluding carboxylic acids is 1. The predicted molar refractivity (Wildman–Crippen MR) is 151 cm³/mol. The fraction of sp³-hybridized carbons (Fsp3) is 0.226. The molecule has 0 spiro atoms. The number of benzene rings is 3. The highest BCUT2D eigenvalue weighted by molar-refractivity contribution is 5.98. The molecule has 6 rings (SSSR count). The lowest BCUT2D eigenvalue weighted by atomic mass is 9.86. The second-order valence-electron chi connectivity index (χ2n) is 10.2. The first-order valence-electron chi connectivity index (χ1n) is 13.3. The van der Waals surface area contributed by atoms with Crippen molar-refractivity contribution in [2.75, 3.05) is 18.6 Å². The van der Waals surface area contributed by atoms with Crippen LogP contribution in [0.15, 0.2) is 91.5 Å². The number of nitrogens with zero attached hydrogens (tertiary/aromatic N) is 6. The van der Waals surface area contributed by atoms with Crippen molar-refractivity contribution in [1.82, 2.24) is 24.5 Å². The van der Waals surface area contributed by atoms with Gasteiger partial charge in [-0.25, -0.2) is 9.67 Å². The lowest BCUT2D eigenvalue weighted by Gasteiger charge is -2.26. The van der Waals surface area contributed by atoms with Crippen LogP contribution >= 0.6 is 0 Å². The number of halogens is 3. The smallest absolute Gasteiger partial charge is 0.406 e. The maximum atomic E-state index is 13.9. The quantitative estimate of drug-likeness (QED) is 0.245. The van der Waals surface area contributed by atoms with Crippen molar-refractivity contribution in [3.05, 3.63) is 108 Å². The van der Waals surface area contributed by atoms with Crippen molar-refractivity contribution in [2.45, 2.75) is 31.5 Å². The van der Waals surface area contributed by atoms with Crippen molar-refractivity contribution in [3.8, 4) is 22.7 Å². The van der Waals surface area contributed by atoms with Crippen molar-refractivity contribution < 1.29 is 22.7 Å². The van der Waals surface area contributed by atoms with Crippen LogP contribution in [0.4, 0.5) is 18.9 Å². The number of imidazole rings is 1. The molecule has 0 saturated heterocycles. The maximum Gasteiger partial charge on any atom is 0.406 e. The summed E-state index contributed by atoms with van der Waals surface area (Å²) in [5.74, 6) is -0.473. The number of carbonyl (C=O) groups is 1. The van der Waals surface area contributed by atoms with E-state index in [1.165, 1.54) is 4.68 Å². The van der Waals surface area contributed by atoms with E-state index in [1.807, 2.05) is 60.2 Å². The Morgan fingerprint density at radius 2 is 1.74 bits per heavy atom. The van der Waals surface area contributed by atoms with Gasteiger partial charge in [0.25, 0.3) is 5.91 Å². The van der Waals surface area contributed by atoms with E-state index in [4.69, 9.17) is 4.74 Å². The van der Waals surface area contributed by atoms with Gasteiger partial charge in [0, 0.05) is 23.4 Å². The Bertz CT molecular complexity index is 1730. The minimum Gasteiger partial charge on any atom is -0.495 e. The number of methoxy groups -OCH3 is 1. The zero-order valence-corrected chi connectivity index (χ0v) is 22.9. The summed E-state index contributed by atoms with van der Waals surface area (Å²) in [4.78, 5) is 19.0. The Hall–Kier alpha value is -4.93. The van der Waals surface area contributed by atoms with Gasteiger partial charge < -0.3 is 14.2 Å². The number of anilines is 1. The summed E-state index contributed by atoms with van der Waals surface area (Å²) in [5.41, 5.74) is 4.55. The zero-order chi connectivity index (χ0) is 29.4. The number of hydrogen-bond acceptors (Lipinski definition) is 5. The molecule has 1 unspecified atom stereocenters. The molecule has 2 atom stereocenters. The van der Waals surface area contributed by atoms with Gasteiger partial charge in [0.1, 0.15) is 24.0 Å². The van der Waals surface area contributed by atoms with Crippen LogP contribution in [0.5, 0.6) is 5.75 Å². The van der Waals surface area contributed by atoms with E-state index < -0.39 is 24.7 Å². The van der Waals surface area contributed by atoms with Crippen LogP contribution in [0.3, 0.4) is 0 Å². The summed E-state index contributed by atoms with van der Waals surface area (Å²) in [6, 6.07) is 20.7. The van der Waals surface area contributed by atoms with E-state index in [1.54, 1.807) is 50.0 Å². The zero-order valence-electron chi connectivity index (χ0n) is 22.9. The molecule has 1 aliphatic heterocycles. The van der Waals surface area contributed by atoms with Crippen molar-refractivity contribution in [2.24, 2.45) is 0 Å². The van der Waals surface area contributed by atoms with Crippen molar-refractivity contribution in [3.63, 3.8) is 0 Å². The maximum absolute atomic E-state index is 13.9. The molecule has 214 valence electrons. The van der Waals surface area contributed by atoms with Gasteiger partial charge in [-0.2, -0.15) is 13.2 Å². The Morgan fingerprint density at radius 3 is 2.45 bits per heavy atom. The number of fused-ring (bicyclic) bond motifs is 1. The minimum atomic E-state index is -4.60. The number of aryl methyl sites for hydroxylation is 1. The first kappa shape index (κ1) is 27.3. The topological polar surface area (TPSA) is 78.1 Å². The van der Waals surface area contributed by atoms with Gasteiger partial charge >= 0.3 is 6.18 Å². The number of hydrogen-bond donors (Lipinski definition) is 0. The van der Waals surface area contributed by atoms with Gasteiger partial charge in [0.2, 0.25) is 0 Å². The molecular formula is C31H27F3N6O2. The third-order valence-electron chi connectivity index (χ3n) is 7.45. The first-order chi connectivity index (χ1) is 20.2. The Balaban J connectivity index is 1.41. The van der Waals surface area contributed by atoms with Gasteiger partial charge in [-0.1, -0.05) is 59.8 Å². The average molecular weight is 573 g/mol. The Morgan fingerprint density at radius 1 is 0.976 bits per heavy atom. The van der Waals surface area contributed by atoms with Crippen molar-refractivity contribution in [1.29, 1.82) is 0 Å². The van der Waals surface area contributed by atoms with E-state index in [0.29, 0.717) is 22.6 Å². The van der Waals surface area contributed by atoms with Crippen molar-refractivity contribution >= 4 is 11.6 Å².